The molecule has 0 saturated carbocycles. The molecular formula is C57H77N9O10. The van der Waals surface area contributed by atoms with Gasteiger partial charge in [-0.1, -0.05) is 39.8 Å². The molecule has 5 aliphatic heterocycles. The number of hydrogen-bond donors (Lipinski definition) is 2. The second-order valence-electron chi connectivity index (χ2n) is 22.4. The fraction of sp³-hybridized carbons (Fsp3) is 0.579. The number of nitrogens with one attached hydrogen (secondary N) is 2. The van der Waals surface area contributed by atoms with E-state index in [0.717, 1.165) is 50.4 Å². The quantitative estimate of drug-likeness (QED) is 0.120. The maximum absolute atomic E-state index is 14.9. The summed E-state index contributed by atoms with van der Waals surface area (Å²) in [7, 11) is 3.35. The van der Waals surface area contributed by atoms with Crippen molar-refractivity contribution in [3.05, 3.63) is 77.6 Å². The molecule has 4 fully saturated rings. The number of benzene rings is 2. The summed E-state index contributed by atoms with van der Waals surface area (Å²) in [4.78, 5) is 81.5. The van der Waals surface area contributed by atoms with E-state index in [1.54, 1.807) is 25.3 Å². The number of likely N-dealkylation sites (tertiary alicyclic amines) is 1. The lowest BCUT2D eigenvalue weighted by Gasteiger charge is -2.41. The molecule has 2 N–H and O–H groups in total. The molecule has 19 nitrogen and oxygen atoms in total. The van der Waals surface area contributed by atoms with E-state index in [9.17, 15) is 24.0 Å². The predicted octanol–water partition coefficient (Wildman–Crippen LogP) is 6.21. The Balaban J connectivity index is 0.960. The van der Waals surface area contributed by atoms with Crippen LogP contribution in [0.4, 0.5) is 16.2 Å². The number of carbonyl (C=O) groups excluding carboxylic acids is 5. The molecule has 410 valence electrons. The smallest absolute Gasteiger partial charge is 0.324 e. The number of esters is 1. The van der Waals surface area contributed by atoms with Crippen LogP contribution in [0.1, 0.15) is 96.6 Å². The van der Waals surface area contributed by atoms with Crippen LogP contribution in [0.5, 0.6) is 0 Å². The van der Waals surface area contributed by atoms with Gasteiger partial charge in [0, 0.05) is 106 Å². The van der Waals surface area contributed by atoms with Crippen molar-refractivity contribution in [2.75, 3.05) is 83.2 Å². The lowest BCUT2D eigenvalue weighted by Crippen LogP contribution is -2.63. The SMILES string of the molecule is CCn1c(-c2cccnc2[C@H](C)OC)c2c3cc(ccc31)N1CCO[C@@H](C[C@H](NC(=O)[C@H](C(C)C)N(C)C(=O)N3CCC4(CC3)CN(c3cccc(COC=O)c3)CO4)C(=O)N3CCC[C@H](N3)C(=O)OCC(C)(C)C2)C1. The molecule has 5 aliphatic rings. The predicted molar refractivity (Wildman–Crippen MR) is 287 cm³/mol. The summed E-state index contributed by atoms with van der Waals surface area (Å²) in [6.45, 7) is 17.4. The van der Waals surface area contributed by atoms with Gasteiger partial charge < -0.3 is 53.2 Å². The van der Waals surface area contributed by atoms with Crippen LogP contribution in [0.25, 0.3) is 22.2 Å². The lowest BCUT2D eigenvalue weighted by molar-refractivity contribution is -0.156. The molecule has 0 radical (unpaired) electrons. The number of ether oxygens (including phenoxy) is 5. The van der Waals surface area contributed by atoms with E-state index in [1.807, 2.05) is 51.1 Å². The van der Waals surface area contributed by atoms with Crippen LogP contribution in [-0.2, 0) is 62.4 Å². The van der Waals surface area contributed by atoms with Crippen LogP contribution in [0, 0.1) is 11.3 Å². The molecule has 19 heteroatoms. The van der Waals surface area contributed by atoms with Gasteiger partial charge in [-0.25, -0.2) is 10.2 Å². The molecule has 6 bridgehead atoms. The van der Waals surface area contributed by atoms with Gasteiger partial charge in [0.25, 0.3) is 12.4 Å². The van der Waals surface area contributed by atoms with Crippen molar-refractivity contribution in [1.29, 1.82) is 0 Å². The summed E-state index contributed by atoms with van der Waals surface area (Å²) < 4.78 is 32.2. The molecular weight excluding hydrogens is 971 g/mol. The molecule has 4 saturated heterocycles. The Hall–Kier alpha value is -6.28. The molecule has 2 aromatic carbocycles. The normalized spacial score (nSPS) is 22.8. The number of hydrogen-bond acceptors (Lipinski definition) is 14. The van der Waals surface area contributed by atoms with E-state index >= 15 is 0 Å². The fourth-order valence-electron chi connectivity index (χ4n) is 12.0. The third kappa shape index (κ3) is 11.5. The van der Waals surface area contributed by atoms with Gasteiger partial charge in [-0.15, -0.1) is 0 Å². The summed E-state index contributed by atoms with van der Waals surface area (Å²) in [5.41, 5.74) is 10.2. The molecule has 0 unspecified atom stereocenters. The van der Waals surface area contributed by atoms with Crippen molar-refractivity contribution in [3.63, 3.8) is 0 Å². The molecule has 2 aromatic heterocycles. The molecule has 4 amide bonds. The van der Waals surface area contributed by atoms with Crippen molar-refractivity contribution >= 4 is 52.6 Å². The number of carbonyl (C=O) groups is 5. The first kappa shape index (κ1) is 54.5. The minimum absolute atomic E-state index is 0.137. The van der Waals surface area contributed by atoms with Gasteiger partial charge in [0.15, 0.2) is 0 Å². The number of likely N-dealkylation sites (N-methyl/N-ethyl adjacent to an activating group) is 1. The van der Waals surface area contributed by atoms with Gasteiger partial charge >= 0.3 is 12.0 Å². The van der Waals surface area contributed by atoms with Crippen molar-refractivity contribution in [2.24, 2.45) is 11.3 Å². The first-order chi connectivity index (χ1) is 36.5. The number of methoxy groups -OCH3 is 1. The summed E-state index contributed by atoms with van der Waals surface area (Å²) in [6, 6.07) is 15.4. The van der Waals surface area contributed by atoms with E-state index < -0.39 is 53.0 Å². The number of morpholine rings is 1. The van der Waals surface area contributed by atoms with Crippen molar-refractivity contribution in [1.82, 2.24) is 35.1 Å². The van der Waals surface area contributed by atoms with Crippen LogP contribution in [0.2, 0.25) is 0 Å². The zero-order valence-corrected chi connectivity index (χ0v) is 45.5. The van der Waals surface area contributed by atoms with E-state index in [-0.39, 0.29) is 37.7 Å². The first-order valence-electron chi connectivity index (χ1n) is 27.1. The monoisotopic (exact) mass is 1050 g/mol. The lowest BCUT2D eigenvalue weighted by atomic mass is 9.84. The number of hydrazine groups is 1. The highest BCUT2D eigenvalue weighted by Gasteiger charge is 2.45. The molecule has 4 aromatic rings. The molecule has 76 heavy (non-hydrogen) atoms. The number of aromatic nitrogens is 2. The third-order valence-corrected chi connectivity index (χ3v) is 16.1. The Morgan fingerprint density at radius 2 is 1.80 bits per heavy atom. The van der Waals surface area contributed by atoms with Crippen molar-refractivity contribution < 1.29 is 47.7 Å². The zero-order valence-electron chi connectivity index (χ0n) is 45.5. The highest BCUT2D eigenvalue weighted by atomic mass is 16.5. The van der Waals surface area contributed by atoms with Crippen LogP contribution in [-0.4, -0.2) is 158 Å². The second kappa shape index (κ2) is 23.1. The summed E-state index contributed by atoms with van der Waals surface area (Å²) in [5.74, 6) is -1.61. The number of cyclic esters (lactones) is 1. The summed E-state index contributed by atoms with van der Waals surface area (Å²) >= 11 is 0. The standard InChI is InChI=1S/C57H77N9O10/c1-9-65-48-18-17-41-28-44(48)45(51(65)43-15-11-21-58-49(43)38(4)72-8)30-56(5,6)34-75-54(70)46-16-12-22-66(60-46)53(69)47(29-42-31-63(41)25-26-74-42)59-52(68)50(37(2)3)61(7)55(71)62-23-19-57(20-24-62)33-64(35-76-57)40-14-10-13-39(27-40)32-73-36-67/h10-11,13-15,17-18,21,27-28,36-38,42,46-47,50,60H,9,12,16,19-20,22-26,29-35H2,1-8H3,(H,59,68)/t38-,42-,46-,47-,50-/m0/s1. The minimum Gasteiger partial charge on any atom is -0.464 e. The number of nitrogens with zero attached hydrogens (tertiary/aromatic N) is 7. The van der Waals surface area contributed by atoms with E-state index in [4.69, 9.17) is 28.7 Å². The number of fused-ring (bicyclic) bond motifs is 6. The van der Waals surface area contributed by atoms with E-state index in [2.05, 4.69) is 70.1 Å². The van der Waals surface area contributed by atoms with Gasteiger partial charge in [-0.2, -0.15) is 0 Å². The highest BCUT2D eigenvalue weighted by Crippen LogP contribution is 2.42. The number of urea groups is 1. The molecule has 5 atom stereocenters. The Kier molecular flexibility index (Phi) is 16.6. The number of aryl methyl sites for hydroxylation is 1. The Bertz CT molecular complexity index is 2760. The Morgan fingerprint density at radius 3 is 2.55 bits per heavy atom. The average Bonchev–Trinajstić information content (AvgIpc) is 4.01. The Morgan fingerprint density at radius 1 is 1.01 bits per heavy atom. The third-order valence-electron chi connectivity index (χ3n) is 16.1. The zero-order chi connectivity index (χ0) is 53.9. The summed E-state index contributed by atoms with van der Waals surface area (Å²) in [5, 5.41) is 5.66. The largest absolute Gasteiger partial charge is 0.464 e. The van der Waals surface area contributed by atoms with Gasteiger partial charge in [0.05, 0.1) is 42.4 Å². The number of anilines is 2. The minimum atomic E-state index is -1.06. The topological polar surface area (TPSA) is 190 Å². The molecule has 7 heterocycles. The maximum Gasteiger partial charge on any atom is 0.324 e. The number of rotatable bonds is 12. The molecule has 1 spiro atoms. The van der Waals surface area contributed by atoms with E-state index in [0.29, 0.717) is 97.7 Å². The first-order valence-corrected chi connectivity index (χ1v) is 27.1. The maximum atomic E-state index is 14.9. The second-order valence-corrected chi connectivity index (χ2v) is 22.4. The van der Waals surface area contributed by atoms with Gasteiger partial charge in [0.1, 0.15) is 31.5 Å². The molecule has 0 aliphatic carbocycles. The number of pyridine rings is 1. The van der Waals surface area contributed by atoms with E-state index in [1.165, 1.54) is 9.91 Å². The van der Waals surface area contributed by atoms with Crippen LogP contribution < -0.4 is 20.5 Å². The van der Waals surface area contributed by atoms with Crippen molar-refractivity contribution in [2.45, 2.75) is 129 Å². The number of amides is 4. The Labute approximate surface area is 446 Å². The van der Waals surface area contributed by atoms with Crippen LogP contribution >= 0.6 is 0 Å². The van der Waals surface area contributed by atoms with Gasteiger partial charge in [0.2, 0.25) is 5.91 Å². The van der Waals surface area contributed by atoms with Crippen LogP contribution in [0.3, 0.4) is 0 Å². The van der Waals surface area contributed by atoms with Crippen LogP contribution in [0.15, 0.2) is 60.8 Å². The van der Waals surface area contributed by atoms with Gasteiger partial charge in [-0.3, -0.25) is 29.2 Å². The molecule has 9 rings (SSSR count). The fourth-order valence-corrected chi connectivity index (χ4v) is 12.0. The average molecular weight is 1050 g/mol. The number of piperidine rings is 1. The van der Waals surface area contributed by atoms with Gasteiger partial charge in [-0.05, 0) is 105 Å². The van der Waals surface area contributed by atoms with Crippen molar-refractivity contribution in [3.8, 4) is 11.3 Å². The summed E-state index contributed by atoms with van der Waals surface area (Å²) in [6.07, 6.45) is 4.07. The highest BCUT2D eigenvalue weighted by molar-refractivity contribution is 5.95.